The third kappa shape index (κ3) is 2.71. The second-order valence-corrected chi connectivity index (χ2v) is 6.35. The first-order valence-corrected chi connectivity index (χ1v) is 8.82. The zero-order valence-corrected chi connectivity index (χ0v) is 15.2. The first kappa shape index (κ1) is 17.0. The highest BCUT2D eigenvalue weighted by Gasteiger charge is 2.20. The summed E-state index contributed by atoms with van der Waals surface area (Å²) in [6, 6.07) is 17.3. The van der Waals surface area contributed by atoms with Crippen LogP contribution < -0.4 is 0 Å². The number of hydrogen-bond donors (Lipinski definition) is 1. The predicted molar refractivity (Wildman–Crippen MR) is 105 cm³/mol. The van der Waals surface area contributed by atoms with E-state index in [-0.39, 0.29) is 11.6 Å². The van der Waals surface area contributed by atoms with Crippen LogP contribution in [0.4, 0.5) is 0 Å². The van der Waals surface area contributed by atoms with Crippen LogP contribution in [0.25, 0.3) is 45.1 Å². The lowest BCUT2D eigenvalue weighted by Crippen LogP contribution is -2.01. The number of methoxy groups -OCH3 is 1. The van der Waals surface area contributed by atoms with Crippen molar-refractivity contribution in [2.75, 3.05) is 7.11 Å². The van der Waals surface area contributed by atoms with Crippen molar-refractivity contribution in [2.24, 2.45) is 0 Å². The molecule has 5 rings (SSSR count). The molecule has 0 atom stereocenters. The molecule has 0 saturated heterocycles. The summed E-state index contributed by atoms with van der Waals surface area (Å²) in [6.07, 6.45) is 0. The van der Waals surface area contributed by atoms with Gasteiger partial charge in [-0.15, -0.1) is 0 Å². The summed E-state index contributed by atoms with van der Waals surface area (Å²) in [5.74, 6) is 0.166. The Kier molecular flexibility index (Phi) is 3.80. The molecule has 0 amide bonds. The Morgan fingerprint density at radius 1 is 0.897 bits per heavy atom. The van der Waals surface area contributed by atoms with E-state index in [1.807, 2.05) is 6.07 Å². The lowest BCUT2D eigenvalue weighted by molar-refractivity contribution is 0.0602. The highest BCUT2D eigenvalue weighted by Crippen LogP contribution is 2.36. The van der Waals surface area contributed by atoms with E-state index >= 15 is 0 Å². The molecule has 0 saturated carbocycles. The van der Waals surface area contributed by atoms with Crippen molar-refractivity contribution in [3.8, 4) is 28.7 Å². The Morgan fingerprint density at radius 2 is 1.66 bits per heavy atom. The van der Waals surface area contributed by atoms with Crippen LogP contribution in [0.2, 0.25) is 0 Å². The topological polar surface area (TPSA) is 98.6 Å². The van der Waals surface area contributed by atoms with Crippen LogP contribution >= 0.6 is 0 Å². The number of aromatic hydroxyl groups is 1. The largest absolute Gasteiger partial charge is 0.507 e. The van der Waals surface area contributed by atoms with E-state index in [9.17, 15) is 9.90 Å². The van der Waals surface area contributed by atoms with Gasteiger partial charge in [-0.1, -0.05) is 24.3 Å². The molecule has 7 nitrogen and oxygen atoms in total. The molecule has 29 heavy (non-hydrogen) atoms. The Balaban J connectivity index is 1.70. The molecular formula is C22H14N2O5. The monoisotopic (exact) mass is 386 g/mol. The molecule has 0 bridgehead atoms. The Morgan fingerprint density at radius 3 is 2.48 bits per heavy atom. The minimum Gasteiger partial charge on any atom is -0.507 e. The van der Waals surface area contributed by atoms with Crippen LogP contribution in [-0.4, -0.2) is 28.2 Å². The molecule has 0 aliphatic carbocycles. The maximum Gasteiger partial charge on any atom is 0.340 e. The van der Waals surface area contributed by atoms with Crippen LogP contribution in [0, 0.1) is 0 Å². The molecule has 142 valence electrons. The molecule has 0 unspecified atom stereocenters. The number of ether oxygens (including phenoxy) is 1. The maximum atomic E-state index is 12.0. The average Bonchev–Trinajstić information content (AvgIpc) is 3.37. The molecule has 2 aromatic heterocycles. The van der Waals surface area contributed by atoms with Gasteiger partial charge in [0.05, 0.1) is 23.8 Å². The fourth-order valence-corrected chi connectivity index (χ4v) is 3.23. The minimum atomic E-state index is -0.491. The number of phenolic OH excluding ortho intramolecular Hbond substituents is 1. The summed E-state index contributed by atoms with van der Waals surface area (Å²) >= 11 is 0. The quantitative estimate of drug-likeness (QED) is 0.445. The van der Waals surface area contributed by atoms with Gasteiger partial charge >= 0.3 is 5.97 Å². The van der Waals surface area contributed by atoms with Gasteiger partial charge in [-0.05, 0) is 36.4 Å². The van der Waals surface area contributed by atoms with Crippen LogP contribution in [0.15, 0.2) is 69.5 Å². The number of benzene rings is 3. The molecule has 0 radical (unpaired) electrons. The predicted octanol–water partition coefficient (Wildman–Crippen LogP) is 4.80. The third-order valence-electron chi connectivity index (χ3n) is 4.60. The molecule has 0 spiro atoms. The first-order chi connectivity index (χ1) is 14.2. The fraction of sp³-hybridized carbons (Fsp3) is 0.0455. The number of para-hydroxylation sites is 3. The second kappa shape index (κ2) is 6.49. The summed E-state index contributed by atoms with van der Waals surface area (Å²) in [5.41, 5.74) is 3.32. The molecule has 3 aromatic carbocycles. The number of rotatable bonds is 3. The Bertz CT molecular complexity index is 1380. The molecule has 2 heterocycles. The summed E-state index contributed by atoms with van der Waals surface area (Å²) in [4.78, 5) is 21.0. The number of fused-ring (bicyclic) bond motifs is 2. The highest BCUT2D eigenvalue weighted by atomic mass is 16.5. The number of nitrogens with zero attached hydrogens (tertiary/aromatic N) is 2. The molecule has 0 fully saturated rings. The summed E-state index contributed by atoms with van der Waals surface area (Å²) < 4.78 is 16.7. The zero-order valence-electron chi connectivity index (χ0n) is 15.2. The Labute approximate surface area is 164 Å². The van der Waals surface area contributed by atoms with Gasteiger partial charge in [0.2, 0.25) is 11.8 Å². The second-order valence-electron chi connectivity index (χ2n) is 6.35. The van der Waals surface area contributed by atoms with E-state index in [1.54, 1.807) is 54.6 Å². The minimum absolute atomic E-state index is 0.0742. The summed E-state index contributed by atoms with van der Waals surface area (Å²) in [5, 5.41) is 10.1. The first-order valence-electron chi connectivity index (χ1n) is 8.82. The van der Waals surface area contributed by atoms with Crippen LogP contribution in [0.1, 0.15) is 10.4 Å². The average molecular weight is 386 g/mol. The van der Waals surface area contributed by atoms with E-state index in [0.29, 0.717) is 44.8 Å². The highest BCUT2D eigenvalue weighted by molar-refractivity contribution is 6.02. The zero-order chi connectivity index (χ0) is 20.0. The number of hydrogen-bond acceptors (Lipinski definition) is 7. The molecule has 5 aromatic rings. The number of aromatic nitrogens is 2. The molecule has 0 aliphatic rings. The lowest BCUT2D eigenvalue weighted by atomic mass is 10.2. The lowest BCUT2D eigenvalue weighted by Gasteiger charge is -1.98. The molecule has 1 N–H and O–H groups in total. The van der Waals surface area contributed by atoms with Crippen LogP contribution in [0.5, 0.6) is 5.75 Å². The van der Waals surface area contributed by atoms with Crippen molar-refractivity contribution in [3.05, 3.63) is 66.2 Å². The van der Waals surface area contributed by atoms with Crippen LogP contribution in [-0.2, 0) is 4.74 Å². The van der Waals surface area contributed by atoms with Gasteiger partial charge in [0.15, 0.2) is 11.2 Å². The number of oxazole rings is 2. The molecule has 7 heteroatoms. The third-order valence-corrected chi connectivity index (χ3v) is 4.60. The van der Waals surface area contributed by atoms with Gasteiger partial charge in [-0.3, -0.25) is 0 Å². The van der Waals surface area contributed by atoms with E-state index < -0.39 is 5.97 Å². The summed E-state index contributed by atoms with van der Waals surface area (Å²) in [6.45, 7) is 0. The number of phenols is 1. The van der Waals surface area contributed by atoms with Gasteiger partial charge in [0, 0.05) is 0 Å². The van der Waals surface area contributed by atoms with Gasteiger partial charge in [-0.2, -0.15) is 0 Å². The SMILES string of the molecule is COC(=O)c1cccc2oc(-c3cccc4nc(-c5ccccc5O)oc34)nc12. The van der Waals surface area contributed by atoms with Gasteiger partial charge in [0.25, 0.3) is 0 Å². The summed E-state index contributed by atoms with van der Waals surface area (Å²) in [7, 11) is 1.32. The maximum absolute atomic E-state index is 12.0. The smallest absolute Gasteiger partial charge is 0.340 e. The van der Waals surface area contributed by atoms with Gasteiger partial charge < -0.3 is 18.7 Å². The molecule has 0 aliphatic heterocycles. The van der Waals surface area contributed by atoms with Crippen molar-refractivity contribution in [1.29, 1.82) is 0 Å². The van der Waals surface area contributed by atoms with Crippen molar-refractivity contribution in [3.63, 3.8) is 0 Å². The van der Waals surface area contributed by atoms with E-state index in [0.717, 1.165) is 0 Å². The van der Waals surface area contributed by atoms with Crippen molar-refractivity contribution >= 4 is 28.2 Å². The van der Waals surface area contributed by atoms with Crippen molar-refractivity contribution in [1.82, 2.24) is 9.97 Å². The fourth-order valence-electron chi connectivity index (χ4n) is 3.23. The van der Waals surface area contributed by atoms with Crippen LogP contribution in [0.3, 0.4) is 0 Å². The number of esters is 1. The van der Waals surface area contributed by atoms with E-state index in [2.05, 4.69) is 9.97 Å². The van der Waals surface area contributed by atoms with E-state index in [4.69, 9.17) is 13.6 Å². The molecular weight excluding hydrogens is 372 g/mol. The normalized spacial score (nSPS) is 11.2. The van der Waals surface area contributed by atoms with Crippen molar-refractivity contribution in [2.45, 2.75) is 0 Å². The van der Waals surface area contributed by atoms with Gasteiger partial charge in [0.1, 0.15) is 16.8 Å². The van der Waals surface area contributed by atoms with E-state index in [1.165, 1.54) is 7.11 Å². The standard InChI is InChI=1S/C22H14N2O5/c1-27-22(26)13-7-5-11-17-18(13)24-21(28-17)14-8-4-9-15-19(14)29-20(23-15)12-6-2-3-10-16(12)25/h2-11,25H,1H3. The Hall–Kier alpha value is -4.13. The van der Waals surface area contributed by atoms with Crippen molar-refractivity contribution < 1.29 is 23.5 Å². The number of carbonyl (C=O) groups excluding carboxylic acids is 1. The van der Waals surface area contributed by atoms with Gasteiger partial charge in [-0.25, -0.2) is 14.8 Å². The number of carbonyl (C=O) groups is 1.